The number of rotatable bonds is 7. The van der Waals surface area contributed by atoms with Gasteiger partial charge in [-0.1, -0.05) is 35.5 Å². The molecular formula is C25H22ClN3O4S. The number of hydrogen-bond acceptors (Lipinski definition) is 6. The van der Waals surface area contributed by atoms with Crippen LogP contribution >= 0.6 is 23.4 Å². The lowest BCUT2D eigenvalue weighted by Crippen LogP contribution is -2.23. The van der Waals surface area contributed by atoms with Gasteiger partial charge in [0.1, 0.15) is 11.5 Å². The van der Waals surface area contributed by atoms with Crippen LogP contribution < -0.4 is 20.3 Å². The molecule has 0 radical (unpaired) electrons. The van der Waals surface area contributed by atoms with Crippen LogP contribution in [0.5, 0.6) is 11.5 Å². The Labute approximate surface area is 205 Å². The molecule has 0 aliphatic carbocycles. The van der Waals surface area contributed by atoms with Crippen LogP contribution in [0.15, 0.2) is 70.6 Å². The average Bonchev–Trinajstić information content (AvgIpc) is 2.82. The smallest absolute Gasteiger partial charge is 0.266 e. The van der Waals surface area contributed by atoms with E-state index in [1.54, 1.807) is 50.6 Å². The van der Waals surface area contributed by atoms with Gasteiger partial charge in [-0.05, 0) is 42.8 Å². The molecule has 0 spiro atoms. The van der Waals surface area contributed by atoms with Crippen LogP contribution in [-0.4, -0.2) is 35.4 Å². The molecule has 0 aliphatic rings. The third-order valence-electron chi connectivity index (χ3n) is 5.03. The van der Waals surface area contributed by atoms with Crippen molar-refractivity contribution in [3.05, 3.63) is 81.6 Å². The highest BCUT2D eigenvalue weighted by molar-refractivity contribution is 7.99. The fraction of sp³-hybridized carbons (Fsp3) is 0.160. The number of ether oxygens (including phenoxy) is 2. The van der Waals surface area contributed by atoms with E-state index in [1.807, 2.05) is 31.2 Å². The highest BCUT2D eigenvalue weighted by Crippen LogP contribution is 2.27. The summed E-state index contributed by atoms with van der Waals surface area (Å²) in [4.78, 5) is 30.8. The maximum absolute atomic E-state index is 13.4. The zero-order valence-electron chi connectivity index (χ0n) is 18.8. The van der Waals surface area contributed by atoms with Crippen molar-refractivity contribution < 1.29 is 14.3 Å². The van der Waals surface area contributed by atoms with E-state index < -0.39 is 0 Å². The van der Waals surface area contributed by atoms with E-state index in [0.717, 1.165) is 17.3 Å². The van der Waals surface area contributed by atoms with Crippen LogP contribution in [0.25, 0.3) is 16.6 Å². The lowest BCUT2D eigenvalue weighted by Gasteiger charge is -2.14. The predicted molar refractivity (Wildman–Crippen MR) is 136 cm³/mol. The lowest BCUT2D eigenvalue weighted by atomic mass is 10.2. The first-order chi connectivity index (χ1) is 16.4. The van der Waals surface area contributed by atoms with Gasteiger partial charge in [-0.15, -0.1) is 0 Å². The van der Waals surface area contributed by atoms with Crippen molar-refractivity contribution >= 4 is 45.9 Å². The Morgan fingerprint density at radius 1 is 1.06 bits per heavy atom. The zero-order chi connectivity index (χ0) is 24.2. The maximum atomic E-state index is 13.4. The first-order valence-electron chi connectivity index (χ1n) is 10.3. The summed E-state index contributed by atoms with van der Waals surface area (Å²) in [7, 11) is 3.08. The monoisotopic (exact) mass is 495 g/mol. The summed E-state index contributed by atoms with van der Waals surface area (Å²) in [6, 6.07) is 17.6. The molecular weight excluding hydrogens is 474 g/mol. The van der Waals surface area contributed by atoms with Crippen LogP contribution in [0.4, 0.5) is 5.69 Å². The van der Waals surface area contributed by atoms with Gasteiger partial charge in [-0.25, -0.2) is 4.98 Å². The molecule has 0 atom stereocenters. The normalized spacial score (nSPS) is 10.8. The van der Waals surface area contributed by atoms with Crippen molar-refractivity contribution in [3.8, 4) is 17.2 Å². The summed E-state index contributed by atoms with van der Waals surface area (Å²) in [5.41, 5.74) is 2.46. The standard InChI is InChI=1S/C25H22ClN3O4S/c1-15-5-4-6-18(9-15)29-24(31)21-8-7-16(26)10-22(21)28-25(29)34-14-23(30)27-17-11-19(32-2)13-20(12-17)33-3/h4-13H,14H2,1-3H3,(H,27,30). The van der Waals surface area contributed by atoms with E-state index in [4.69, 9.17) is 21.1 Å². The molecule has 0 bridgehead atoms. The topological polar surface area (TPSA) is 82.5 Å². The Morgan fingerprint density at radius 3 is 2.47 bits per heavy atom. The number of thioether (sulfide) groups is 1. The van der Waals surface area contributed by atoms with Gasteiger partial charge in [0.25, 0.3) is 5.56 Å². The molecule has 174 valence electrons. The summed E-state index contributed by atoms with van der Waals surface area (Å²) >= 11 is 7.29. The van der Waals surface area contributed by atoms with Gasteiger partial charge in [0, 0.05) is 28.9 Å². The molecule has 0 fully saturated rings. The molecule has 7 nitrogen and oxygen atoms in total. The predicted octanol–water partition coefficient (Wildman–Crippen LogP) is 5.10. The Bertz CT molecular complexity index is 1420. The number of nitrogens with zero attached hydrogens (tertiary/aromatic N) is 2. The number of anilines is 1. The number of aryl methyl sites for hydroxylation is 1. The average molecular weight is 496 g/mol. The van der Waals surface area contributed by atoms with Gasteiger partial charge in [-0.2, -0.15) is 0 Å². The number of carbonyl (C=O) groups is 1. The number of amides is 1. The number of benzene rings is 3. The molecule has 0 unspecified atom stereocenters. The molecule has 1 heterocycles. The van der Waals surface area contributed by atoms with Crippen LogP contribution in [0.1, 0.15) is 5.56 Å². The molecule has 0 aliphatic heterocycles. The first kappa shape index (κ1) is 23.7. The summed E-state index contributed by atoms with van der Waals surface area (Å²) in [5, 5.41) is 4.15. The van der Waals surface area contributed by atoms with Crippen molar-refractivity contribution in [1.29, 1.82) is 0 Å². The maximum Gasteiger partial charge on any atom is 0.266 e. The molecule has 1 aromatic heterocycles. The van der Waals surface area contributed by atoms with E-state index in [1.165, 1.54) is 4.57 Å². The van der Waals surface area contributed by atoms with Gasteiger partial charge < -0.3 is 14.8 Å². The second-order valence-corrected chi connectivity index (χ2v) is 8.85. The number of fused-ring (bicyclic) bond motifs is 1. The van der Waals surface area contributed by atoms with Crippen LogP contribution in [0.3, 0.4) is 0 Å². The SMILES string of the molecule is COc1cc(NC(=O)CSc2nc3cc(Cl)ccc3c(=O)n2-c2cccc(C)c2)cc(OC)c1. The summed E-state index contributed by atoms with van der Waals surface area (Å²) in [5.74, 6) is 0.882. The Balaban J connectivity index is 1.66. The van der Waals surface area contributed by atoms with E-state index in [2.05, 4.69) is 10.3 Å². The van der Waals surface area contributed by atoms with Crippen molar-refractivity contribution in [3.63, 3.8) is 0 Å². The lowest BCUT2D eigenvalue weighted by molar-refractivity contribution is -0.113. The molecule has 3 aromatic carbocycles. The zero-order valence-corrected chi connectivity index (χ0v) is 20.4. The number of halogens is 1. The van der Waals surface area contributed by atoms with Gasteiger partial charge in [0.15, 0.2) is 5.16 Å². The van der Waals surface area contributed by atoms with Gasteiger partial charge in [-0.3, -0.25) is 14.2 Å². The van der Waals surface area contributed by atoms with Crippen molar-refractivity contribution in [2.75, 3.05) is 25.3 Å². The Morgan fingerprint density at radius 2 is 1.79 bits per heavy atom. The second-order valence-electron chi connectivity index (χ2n) is 7.47. The number of methoxy groups -OCH3 is 2. The molecule has 0 saturated heterocycles. The molecule has 4 aromatic rings. The van der Waals surface area contributed by atoms with Gasteiger partial charge in [0.05, 0.1) is 36.6 Å². The number of carbonyl (C=O) groups excluding carboxylic acids is 1. The van der Waals surface area contributed by atoms with Crippen molar-refractivity contribution in [1.82, 2.24) is 9.55 Å². The molecule has 34 heavy (non-hydrogen) atoms. The van der Waals surface area contributed by atoms with E-state index >= 15 is 0 Å². The Hall–Kier alpha value is -3.49. The molecule has 1 amide bonds. The van der Waals surface area contributed by atoms with Crippen LogP contribution in [0, 0.1) is 6.92 Å². The number of aromatic nitrogens is 2. The Kier molecular flexibility index (Phi) is 7.09. The van der Waals surface area contributed by atoms with Crippen LogP contribution in [0.2, 0.25) is 5.02 Å². The third-order valence-corrected chi connectivity index (χ3v) is 6.20. The molecule has 9 heteroatoms. The van der Waals surface area contributed by atoms with Gasteiger partial charge >= 0.3 is 0 Å². The van der Waals surface area contributed by atoms with E-state index in [9.17, 15) is 9.59 Å². The molecule has 1 N–H and O–H groups in total. The number of hydrogen-bond donors (Lipinski definition) is 1. The summed E-state index contributed by atoms with van der Waals surface area (Å²) in [6.07, 6.45) is 0. The minimum atomic E-state index is -0.267. The number of nitrogens with one attached hydrogen (secondary N) is 1. The fourth-order valence-corrected chi connectivity index (χ4v) is 4.42. The fourth-order valence-electron chi connectivity index (χ4n) is 3.44. The van der Waals surface area contributed by atoms with Gasteiger partial charge in [0.2, 0.25) is 5.91 Å². The molecule has 0 saturated carbocycles. The highest BCUT2D eigenvalue weighted by Gasteiger charge is 2.16. The third kappa shape index (κ3) is 5.18. The minimum Gasteiger partial charge on any atom is -0.497 e. The quantitative estimate of drug-likeness (QED) is 0.284. The minimum absolute atomic E-state index is 0.0316. The van der Waals surface area contributed by atoms with E-state index in [-0.39, 0.29) is 17.2 Å². The highest BCUT2D eigenvalue weighted by atomic mass is 35.5. The van der Waals surface area contributed by atoms with E-state index in [0.29, 0.717) is 44.0 Å². The largest absolute Gasteiger partial charge is 0.497 e. The van der Waals surface area contributed by atoms with Crippen molar-refractivity contribution in [2.45, 2.75) is 12.1 Å². The second kappa shape index (κ2) is 10.2. The van der Waals surface area contributed by atoms with Crippen molar-refractivity contribution in [2.24, 2.45) is 0 Å². The summed E-state index contributed by atoms with van der Waals surface area (Å²) in [6.45, 7) is 1.95. The summed E-state index contributed by atoms with van der Waals surface area (Å²) < 4.78 is 12.0. The first-order valence-corrected chi connectivity index (χ1v) is 11.7. The molecule has 4 rings (SSSR count). The van der Waals surface area contributed by atoms with Crippen LogP contribution in [-0.2, 0) is 4.79 Å².